The van der Waals surface area contributed by atoms with Gasteiger partial charge in [-0.2, -0.15) is 0 Å². The third-order valence-corrected chi connectivity index (χ3v) is 20.3. The Morgan fingerprint density at radius 1 is 0.222 bits per heavy atom. The average Bonchev–Trinajstić information content (AvgIpc) is 0.725. The first-order chi connectivity index (χ1) is 53.2. The van der Waals surface area contributed by atoms with E-state index in [0.29, 0.717) is 91.2 Å². The molecule has 8 bridgehead atoms. The number of ether oxygens (including phenoxy) is 12. The molecule has 5 aliphatic rings. The van der Waals surface area contributed by atoms with Crippen LogP contribution in [-0.2, 0) is 26.4 Å². The molecule has 528 valence electrons. The van der Waals surface area contributed by atoms with E-state index in [1.54, 1.807) is 0 Å². The van der Waals surface area contributed by atoms with Crippen molar-refractivity contribution in [3.63, 3.8) is 0 Å². The van der Waals surface area contributed by atoms with E-state index in [1.165, 1.54) is 0 Å². The maximum absolute atomic E-state index is 7.05. The van der Waals surface area contributed by atoms with Crippen molar-refractivity contribution >= 4 is 0 Å². The predicted molar refractivity (Wildman–Crippen MR) is 413 cm³/mol. The second-order valence-corrected chi connectivity index (χ2v) is 27.0. The van der Waals surface area contributed by atoms with Gasteiger partial charge in [0.1, 0.15) is 95.4 Å². The molecule has 0 spiro atoms. The van der Waals surface area contributed by atoms with Gasteiger partial charge in [-0.15, -0.1) is 0 Å². The van der Waals surface area contributed by atoms with Gasteiger partial charge in [-0.05, 0) is 170 Å². The van der Waals surface area contributed by atoms with Crippen molar-refractivity contribution in [2.24, 2.45) is 0 Å². The molecule has 0 N–H and O–H groups in total. The van der Waals surface area contributed by atoms with Gasteiger partial charge in [0.25, 0.3) is 0 Å². The highest BCUT2D eigenvalue weighted by atomic mass is 16.7. The molecule has 17 rings (SSSR count). The third kappa shape index (κ3) is 14.1. The van der Waals surface area contributed by atoms with Gasteiger partial charge in [0.15, 0.2) is 0 Å². The van der Waals surface area contributed by atoms with Gasteiger partial charge in [-0.3, -0.25) is 0 Å². The first-order valence-corrected chi connectivity index (χ1v) is 36.2. The van der Waals surface area contributed by atoms with Crippen LogP contribution in [0.25, 0.3) is 0 Å². The van der Waals surface area contributed by atoms with E-state index in [1.807, 2.05) is 218 Å². The van der Waals surface area contributed by atoms with Gasteiger partial charge >= 0.3 is 0 Å². The van der Waals surface area contributed by atoms with Crippen LogP contribution in [0, 0.1) is 47.4 Å². The minimum absolute atomic E-state index is 0.0518. The topological polar surface area (TPSA) is 111 Å². The lowest BCUT2D eigenvalue weighted by Crippen LogP contribution is -2.25. The molecule has 0 radical (unpaired) electrons. The molecule has 1 aliphatic carbocycles. The Kier molecular flexibility index (Phi) is 19.0. The number of hydrogen-bond acceptors (Lipinski definition) is 12. The summed E-state index contributed by atoms with van der Waals surface area (Å²) in [6.45, 7) is 8.19. The molecule has 0 unspecified atom stereocenters. The Morgan fingerprint density at radius 2 is 0.380 bits per heavy atom. The van der Waals surface area contributed by atoms with Crippen molar-refractivity contribution in [3.05, 3.63) is 354 Å². The molecule has 0 aromatic heterocycles. The summed E-state index contributed by atoms with van der Waals surface area (Å²) in [6.07, 6.45) is 0. The summed E-state index contributed by atoms with van der Waals surface area (Å²) < 4.78 is 83.9. The van der Waals surface area contributed by atoms with Gasteiger partial charge in [0.05, 0.1) is 22.3 Å². The zero-order chi connectivity index (χ0) is 72.9. The first kappa shape index (κ1) is 67.6. The number of rotatable bonds is 12. The van der Waals surface area contributed by atoms with Gasteiger partial charge in [-0.1, -0.05) is 148 Å². The van der Waals surface area contributed by atoms with Crippen LogP contribution in [0.15, 0.2) is 243 Å². The lowest BCUT2D eigenvalue weighted by atomic mass is 9.78. The molecule has 12 aromatic carbocycles. The predicted octanol–water partition coefficient (Wildman–Crippen LogP) is 19.4. The minimum atomic E-state index is -0.411. The van der Waals surface area contributed by atoms with Crippen molar-refractivity contribution in [2.45, 2.75) is 77.8 Å². The molecule has 0 saturated carbocycles. The Morgan fingerprint density at radius 3 is 0.546 bits per heavy atom. The SMILES string of the molecule is CC1c2cc3c4c(COc5ccc(C#Cc6ccccc6)cc5)c2OCOc2c1cc1c(c2COc2ccc(C#Cc5ccccc5)cc2)OCOc2c(cc5c(c2COc2ccc(C#Cc6ccccc6)cc2)OCOc2c(cc(c(c2COc2ccc(C#Cc6ccccc6)cc2)OCO4)C3C)C5C)C1C. The highest BCUT2D eigenvalue weighted by Gasteiger charge is 2.40. The minimum Gasteiger partial charge on any atom is -0.489 e. The summed E-state index contributed by atoms with van der Waals surface area (Å²) in [4.78, 5) is 0. The van der Waals surface area contributed by atoms with Crippen LogP contribution in [-0.4, -0.2) is 27.2 Å². The van der Waals surface area contributed by atoms with Gasteiger partial charge in [0.2, 0.25) is 27.2 Å². The fraction of sp³-hybridized carbons (Fsp3) is 0.167. The third-order valence-electron chi connectivity index (χ3n) is 20.3. The average molecular weight is 1420 g/mol. The smallest absolute Gasteiger partial charge is 0.230 e. The van der Waals surface area contributed by atoms with Crippen molar-refractivity contribution in [1.29, 1.82) is 0 Å². The highest BCUT2D eigenvalue weighted by Crippen LogP contribution is 2.57. The van der Waals surface area contributed by atoms with Crippen LogP contribution in [0.4, 0.5) is 0 Å². The molecule has 108 heavy (non-hydrogen) atoms. The largest absolute Gasteiger partial charge is 0.489 e. The molecule has 0 fully saturated rings. The second kappa shape index (κ2) is 30.3. The van der Waals surface area contributed by atoms with Gasteiger partial charge in [-0.25, -0.2) is 0 Å². The summed E-state index contributed by atoms with van der Waals surface area (Å²) in [6, 6.07) is 79.9. The van der Waals surface area contributed by atoms with Crippen LogP contribution >= 0.6 is 0 Å². The zero-order valence-corrected chi connectivity index (χ0v) is 60.0. The molecule has 12 nitrogen and oxygen atoms in total. The maximum Gasteiger partial charge on any atom is 0.230 e. The van der Waals surface area contributed by atoms with Crippen LogP contribution in [0.2, 0.25) is 0 Å². The summed E-state index contributed by atoms with van der Waals surface area (Å²) in [5, 5.41) is 0. The van der Waals surface area contributed by atoms with Crippen LogP contribution < -0.4 is 56.8 Å². The van der Waals surface area contributed by atoms with Crippen LogP contribution in [0.1, 0.15) is 163 Å². The first-order valence-electron chi connectivity index (χ1n) is 36.2. The Bertz CT molecular complexity index is 4810. The zero-order valence-electron chi connectivity index (χ0n) is 60.0. The fourth-order valence-electron chi connectivity index (χ4n) is 14.5. The van der Waals surface area contributed by atoms with E-state index in [-0.39, 0.29) is 53.6 Å². The number of hydrogen-bond donors (Lipinski definition) is 0. The lowest BCUT2D eigenvalue weighted by molar-refractivity contribution is 0.0902. The summed E-state index contributed by atoms with van der Waals surface area (Å²) in [5.41, 5.74) is 16.9. The van der Waals surface area contributed by atoms with Crippen molar-refractivity contribution in [1.82, 2.24) is 0 Å². The Balaban J connectivity index is 0.829. The lowest BCUT2D eigenvalue weighted by Gasteiger charge is -2.36. The number of benzene rings is 12. The van der Waals surface area contributed by atoms with Crippen molar-refractivity contribution in [3.8, 4) is 116 Å². The van der Waals surface area contributed by atoms with E-state index in [4.69, 9.17) is 56.8 Å². The standard InChI is InChI=1S/C96H72O12/c1-61-77-49-79-62(2)81-51-83-64(4)84-52-82-63(3)80-50-78(61)90-86(54-98-74-43-35-70(36-44-74)30-26-66-19-11-6-12-20-66)92(80)104-59-106-94(82)88(56-100-76-47-39-72(40-48-76)32-28-68-23-15-8-16-24-68)96(84)108-60-107-95(83)87(55-99-75-45-37-71(38-46-75)31-27-67-21-13-7-14-22-67)93(81)105-58-103-91(79)85(89(77)101-57-102-90)53-97-73-41-33-69(34-42-73)29-25-65-17-9-5-10-18-65/h5-24,33-52,61-64H,53-60H2,1-4H3. The van der Waals surface area contributed by atoms with Crippen LogP contribution in [0.3, 0.4) is 0 Å². The normalized spacial score (nSPS) is 15.5. The summed E-state index contributed by atoms with van der Waals surface area (Å²) >= 11 is 0. The van der Waals surface area contributed by atoms with E-state index in [0.717, 1.165) is 89.0 Å². The molecule has 12 aromatic rings. The maximum atomic E-state index is 7.05. The summed E-state index contributed by atoms with van der Waals surface area (Å²) in [7, 11) is 0. The Hall–Kier alpha value is -13.5. The fourth-order valence-corrected chi connectivity index (χ4v) is 14.5. The summed E-state index contributed by atoms with van der Waals surface area (Å²) in [5.74, 6) is 31.7. The molecule has 0 atom stereocenters. The molecular weight excluding hydrogens is 1350 g/mol. The molecule has 0 amide bonds. The van der Waals surface area contributed by atoms with Gasteiger partial charge < -0.3 is 56.8 Å². The van der Waals surface area contributed by atoms with E-state index in [2.05, 4.69) is 99.3 Å². The highest BCUT2D eigenvalue weighted by molar-refractivity contribution is 5.70. The van der Waals surface area contributed by atoms with Gasteiger partial charge in [0, 0.05) is 113 Å². The molecular formula is C96H72O12. The monoisotopic (exact) mass is 1420 g/mol. The molecule has 0 saturated heterocycles. The quantitative estimate of drug-likeness (QED) is 0.109. The molecule has 4 heterocycles. The molecule has 4 aliphatic heterocycles. The second-order valence-electron chi connectivity index (χ2n) is 27.0. The Labute approximate surface area is 628 Å². The van der Waals surface area contributed by atoms with E-state index in [9.17, 15) is 0 Å². The van der Waals surface area contributed by atoms with E-state index < -0.39 is 23.7 Å². The molecule has 12 heteroatoms. The van der Waals surface area contributed by atoms with E-state index >= 15 is 0 Å². The van der Waals surface area contributed by atoms with Crippen molar-refractivity contribution < 1.29 is 56.8 Å². The van der Waals surface area contributed by atoms with Crippen molar-refractivity contribution in [2.75, 3.05) is 27.2 Å². The van der Waals surface area contributed by atoms with Crippen LogP contribution in [0.5, 0.6) is 69.0 Å².